The summed E-state index contributed by atoms with van der Waals surface area (Å²) in [7, 11) is 0. The summed E-state index contributed by atoms with van der Waals surface area (Å²) < 4.78 is 0. The van der Waals surface area contributed by atoms with E-state index >= 15 is 0 Å². The Balaban J connectivity index is 0.000000206. The number of nitrogens with two attached hydrogens (primary N) is 1. The van der Waals surface area contributed by atoms with Crippen LogP contribution in [0.15, 0.2) is 261 Å². The van der Waals surface area contributed by atoms with Gasteiger partial charge in [0.25, 0.3) is 0 Å². The van der Waals surface area contributed by atoms with Crippen molar-refractivity contribution in [3.63, 3.8) is 0 Å². The van der Waals surface area contributed by atoms with Gasteiger partial charge in [-0.05, 0) is 106 Å². The van der Waals surface area contributed by atoms with E-state index in [4.69, 9.17) is 12.2 Å². The molecule has 8 rings (SSSR count). The summed E-state index contributed by atoms with van der Waals surface area (Å²) in [6.07, 6.45) is 33.4. The second-order valence-electron chi connectivity index (χ2n) is 15.2. The Bertz CT molecular complexity index is 2650. The SMILES string of the molecule is C#C/C=C(\C=C/CN)c1ccccc1.C1=CCCC(N(c2ccc(-c3ccccc3)cc2)C2C=C(c3ccccc3)C=C(c3ccccc3)C2)=C1.C=C/C=C(\C=C/C)c1ccccc1. The van der Waals surface area contributed by atoms with Gasteiger partial charge < -0.3 is 10.6 Å². The molecule has 0 saturated heterocycles. The second-order valence-corrected chi connectivity index (χ2v) is 15.2. The average Bonchev–Trinajstić information content (AvgIpc) is 3.37. The van der Waals surface area contributed by atoms with Crippen molar-refractivity contribution in [3.05, 3.63) is 283 Å². The van der Waals surface area contributed by atoms with E-state index in [1.54, 1.807) is 6.08 Å². The highest BCUT2D eigenvalue weighted by molar-refractivity contribution is 5.88. The van der Waals surface area contributed by atoms with Gasteiger partial charge in [-0.25, -0.2) is 0 Å². The van der Waals surface area contributed by atoms with Crippen LogP contribution in [0.3, 0.4) is 0 Å². The van der Waals surface area contributed by atoms with E-state index in [9.17, 15) is 0 Å². The molecule has 1 atom stereocenters. The van der Waals surface area contributed by atoms with E-state index in [0.717, 1.165) is 30.4 Å². The van der Waals surface area contributed by atoms with Gasteiger partial charge in [0.15, 0.2) is 0 Å². The van der Waals surface area contributed by atoms with Gasteiger partial charge >= 0.3 is 0 Å². The fraction of sp³-hybridized carbons (Fsp3) is 0.0968. The maximum Gasteiger partial charge on any atom is 0.0568 e. The zero-order valence-corrected chi connectivity index (χ0v) is 36.9. The van der Waals surface area contributed by atoms with Crippen LogP contribution in [0.25, 0.3) is 33.4 Å². The quantitative estimate of drug-likeness (QED) is 0.0983. The fourth-order valence-corrected chi connectivity index (χ4v) is 7.75. The molecule has 6 aromatic carbocycles. The Morgan fingerprint density at radius 2 is 1.23 bits per heavy atom. The predicted molar refractivity (Wildman–Crippen MR) is 279 cm³/mol. The van der Waals surface area contributed by atoms with Crippen molar-refractivity contribution >= 4 is 28.0 Å². The van der Waals surface area contributed by atoms with Crippen molar-refractivity contribution in [1.82, 2.24) is 0 Å². The molecule has 0 fully saturated rings. The number of terminal acetylenes is 1. The zero-order chi connectivity index (χ0) is 44.6. The highest BCUT2D eigenvalue weighted by atomic mass is 15.2. The van der Waals surface area contributed by atoms with Crippen LogP contribution < -0.4 is 10.6 Å². The molecule has 0 amide bonds. The van der Waals surface area contributed by atoms with E-state index < -0.39 is 0 Å². The van der Waals surface area contributed by atoms with Crippen molar-refractivity contribution in [2.45, 2.75) is 32.2 Å². The summed E-state index contributed by atoms with van der Waals surface area (Å²) in [5.41, 5.74) is 20.3. The van der Waals surface area contributed by atoms with Gasteiger partial charge in [0.1, 0.15) is 0 Å². The van der Waals surface area contributed by atoms with Gasteiger partial charge in [0, 0.05) is 17.9 Å². The van der Waals surface area contributed by atoms with Gasteiger partial charge in [-0.15, -0.1) is 6.42 Å². The lowest BCUT2D eigenvalue weighted by atomic mass is 9.86. The van der Waals surface area contributed by atoms with E-state index in [-0.39, 0.29) is 6.04 Å². The maximum atomic E-state index is 5.39. The van der Waals surface area contributed by atoms with Crippen molar-refractivity contribution in [2.24, 2.45) is 5.73 Å². The average molecular weight is 831 g/mol. The van der Waals surface area contributed by atoms with Crippen LogP contribution >= 0.6 is 0 Å². The van der Waals surface area contributed by atoms with Crippen LogP contribution in [0.1, 0.15) is 48.4 Å². The molecular weight excluding hydrogens is 773 g/mol. The number of anilines is 1. The summed E-state index contributed by atoms with van der Waals surface area (Å²) >= 11 is 0. The molecule has 0 aliphatic heterocycles. The van der Waals surface area contributed by atoms with E-state index in [1.807, 2.05) is 85.8 Å². The highest BCUT2D eigenvalue weighted by Crippen LogP contribution is 2.38. The van der Waals surface area contributed by atoms with Crippen LogP contribution in [-0.2, 0) is 0 Å². The number of hydrogen-bond donors (Lipinski definition) is 1. The van der Waals surface area contributed by atoms with Gasteiger partial charge in [0.05, 0.1) is 6.04 Å². The normalized spacial score (nSPS) is 14.8. The Labute approximate surface area is 382 Å². The third kappa shape index (κ3) is 13.4. The van der Waals surface area contributed by atoms with Gasteiger partial charge in [-0.3, -0.25) is 0 Å². The molecule has 1 unspecified atom stereocenters. The third-order valence-corrected chi connectivity index (χ3v) is 10.8. The maximum absolute atomic E-state index is 5.39. The number of hydrogen-bond acceptors (Lipinski definition) is 2. The Morgan fingerprint density at radius 1 is 0.688 bits per heavy atom. The smallest absolute Gasteiger partial charge is 0.0568 e. The molecule has 2 aliphatic carbocycles. The first-order valence-electron chi connectivity index (χ1n) is 22.0. The molecule has 0 radical (unpaired) electrons. The minimum absolute atomic E-state index is 0.218. The summed E-state index contributed by atoms with van der Waals surface area (Å²) in [5.74, 6) is 2.52. The minimum atomic E-state index is 0.218. The number of benzene rings is 6. The molecule has 64 heavy (non-hydrogen) atoms. The number of allylic oxidation sites excluding steroid dienone is 14. The van der Waals surface area contributed by atoms with E-state index in [2.05, 4.69) is 181 Å². The first-order chi connectivity index (χ1) is 31.6. The van der Waals surface area contributed by atoms with E-state index in [1.165, 1.54) is 55.9 Å². The number of nitrogens with zero attached hydrogens (tertiary/aromatic N) is 1. The largest absolute Gasteiger partial charge is 0.338 e. The second kappa shape index (κ2) is 25.3. The molecule has 0 aromatic heterocycles. The molecule has 2 N–H and O–H groups in total. The Morgan fingerprint density at radius 3 is 1.77 bits per heavy atom. The molecule has 2 nitrogen and oxygen atoms in total. The molecule has 6 aromatic rings. The van der Waals surface area contributed by atoms with E-state index in [0.29, 0.717) is 6.54 Å². The highest BCUT2D eigenvalue weighted by Gasteiger charge is 2.26. The fourth-order valence-electron chi connectivity index (χ4n) is 7.75. The first kappa shape index (κ1) is 45.8. The Hall–Kier alpha value is -7.70. The van der Waals surface area contributed by atoms with Crippen LogP contribution in [0.2, 0.25) is 0 Å². The van der Waals surface area contributed by atoms with Crippen LogP contribution in [-0.4, -0.2) is 12.6 Å². The molecular formula is C62H58N2. The van der Waals surface area contributed by atoms with Crippen LogP contribution in [0, 0.1) is 12.3 Å². The van der Waals surface area contributed by atoms with Gasteiger partial charge in [0.2, 0.25) is 0 Å². The summed E-state index contributed by atoms with van der Waals surface area (Å²) in [6, 6.07) is 61.8. The van der Waals surface area contributed by atoms with Crippen molar-refractivity contribution in [3.8, 4) is 23.5 Å². The van der Waals surface area contributed by atoms with Crippen molar-refractivity contribution in [2.75, 3.05) is 11.4 Å². The molecule has 0 saturated carbocycles. The minimum Gasteiger partial charge on any atom is -0.338 e. The molecule has 2 aliphatic rings. The summed E-state index contributed by atoms with van der Waals surface area (Å²) in [6.45, 7) is 6.23. The van der Waals surface area contributed by atoms with Crippen molar-refractivity contribution < 1.29 is 0 Å². The monoisotopic (exact) mass is 830 g/mol. The zero-order valence-electron chi connectivity index (χ0n) is 36.9. The van der Waals surface area contributed by atoms with Crippen LogP contribution in [0.5, 0.6) is 0 Å². The van der Waals surface area contributed by atoms with Crippen molar-refractivity contribution in [1.29, 1.82) is 0 Å². The first-order valence-corrected chi connectivity index (χ1v) is 22.0. The predicted octanol–water partition coefficient (Wildman–Crippen LogP) is 15.4. The van der Waals surface area contributed by atoms with Gasteiger partial charge in [-0.1, -0.05) is 237 Å². The summed E-state index contributed by atoms with van der Waals surface area (Å²) in [5, 5.41) is 0. The lowest BCUT2D eigenvalue weighted by Gasteiger charge is -2.37. The molecule has 2 heteroatoms. The lowest BCUT2D eigenvalue weighted by Crippen LogP contribution is -2.35. The summed E-state index contributed by atoms with van der Waals surface area (Å²) in [4.78, 5) is 2.57. The molecule has 0 spiro atoms. The molecule has 0 heterocycles. The standard InChI is InChI=1S/C36H31N.C13H13N.C13H14/c1-5-13-28(14-6-1)31-21-23-35(24-22-31)37(34-19-11-4-12-20-34)36-26-32(29-15-7-2-8-16-29)25-33(27-36)30-17-9-3-10-18-30;1-2-7-12(10-6-11-14)13-8-4-3-5-9-13;1-3-8-12(9-4-2)13-10-6-5-7-11-13/h1-11,13-19,21-26,36H,12,20,27H2;1,3-10H,11,14H2;3-11H,1H2,2H3/b;10-6-,12-7+;9-4-,12-8+. The van der Waals surface area contributed by atoms with Crippen LogP contribution in [0.4, 0.5) is 5.69 Å². The molecule has 0 bridgehead atoms. The third-order valence-electron chi connectivity index (χ3n) is 10.8. The number of rotatable bonds is 12. The lowest BCUT2D eigenvalue weighted by molar-refractivity contribution is 0.729. The molecule has 316 valence electrons. The van der Waals surface area contributed by atoms with Gasteiger partial charge in [-0.2, -0.15) is 0 Å². The topological polar surface area (TPSA) is 29.3 Å². The Kier molecular flexibility index (Phi) is 18.1.